The van der Waals surface area contributed by atoms with E-state index in [-0.39, 0.29) is 11.9 Å². The highest BCUT2D eigenvalue weighted by Crippen LogP contribution is 2.37. The summed E-state index contributed by atoms with van der Waals surface area (Å²) in [4.78, 5) is 12.2. The van der Waals surface area contributed by atoms with Crippen LogP contribution in [0.2, 0.25) is 19.6 Å². The van der Waals surface area contributed by atoms with Crippen LogP contribution in [-0.2, 0) is 14.3 Å². The van der Waals surface area contributed by atoms with Crippen molar-refractivity contribution in [2.24, 2.45) is 5.92 Å². The number of hydrogen-bond donors (Lipinski definition) is 0. The van der Waals surface area contributed by atoms with Crippen LogP contribution in [0.15, 0.2) is 0 Å². The summed E-state index contributed by atoms with van der Waals surface area (Å²) >= 11 is 0. The molecule has 1 aliphatic carbocycles. The van der Waals surface area contributed by atoms with Crippen molar-refractivity contribution in [2.75, 3.05) is 27.4 Å². The van der Waals surface area contributed by atoms with Gasteiger partial charge in [-0.15, -0.1) is 0 Å². The van der Waals surface area contributed by atoms with E-state index in [9.17, 15) is 4.79 Å². The highest BCUT2D eigenvalue weighted by molar-refractivity contribution is 6.73. The van der Waals surface area contributed by atoms with Crippen molar-refractivity contribution >= 4 is 14.2 Å². The number of carbonyl (C=O) groups is 1. The molecule has 0 spiro atoms. The third kappa shape index (κ3) is 3.72. The zero-order chi connectivity index (χ0) is 16.3. The summed E-state index contributed by atoms with van der Waals surface area (Å²) in [6.07, 6.45) is 5.57. The molecule has 22 heavy (non-hydrogen) atoms. The van der Waals surface area contributed by atoms with Crippen LogP contribution >= 0.6 is 0 Å². The normalized spacial score (nSPS) is 30.2. The van der Waals surface area contributed by atoms with Crippen LogP contribution < -0.4 is 0 Å². The van der Waals surface area contributed by atoms with E-state index in [1.807, 2.05) is 0 Å². The van der Waals surface area contributed by atoms with Crippen molar-refractivity contribution in [2.45, 2.75) is 63.8 Å². The van der Waals surface area contributed by atoms with Gasteiger partial charge < -0.3 is 9.47 Å². The number of carbonyl (C=O) groups excluding carboxylic acids is 1. The molecule has 0 aromatic rings. The summed E-state index contributed by atoms with van der Waals surface area (Å²) in [5, 5.41) is 2.53. The van der Waals surface area contributed by atoms with E-state index in [1.165, 1.54) is 20.0 Å². The van der Waals surface area contributed by atoms with E-state index in [0.717, 1.165) is 32.4 Å². The monoisotopic (exact) mass is 328 g/mol. The van der Waals surface area contributed by atoms with Crippen LogP contribution in [0.5, 0.6) is 0 Å². The Morgan fingerprint density at radius 2 is 1.91 bits per heavy atom. The molecule has 0 aromatic heterocycles. The average Bonchev–Trinajstić information content (AvgIpc) is 3.08. The first-order valence-corrected chi connectivity index (χ1v) is 12.0. The highest BCUT2D eigenvalue weighted by atomic mass is 28.3. The quantitative estimate of drug-likeness (QED) is 0.553. The fourth-order valence-corrected chi connectivity index (χ4v) is 6.54. The van der Waals surface area contributed by atoms with Gasteiger partial charge in [-0.1, -0.05) is 26.1 Å². The van der Waals surface area contributed by atoms with Crippen LogP contribution in [0.3, 0.4) is 0 Å². The Morgan fingerprint density at radius 3 is 2.50 bits per heavy atom. The zero-order valence-electron chi connectivity index (χ0n) is 14.8. The van der Waals surface area contributed by atoms with Gasteiger partial charge in [0.15, 0.2) is 0 Å². The summed E-state index contributed by atoms with van der Waals surface area (Å²) in [5.74, 6) is -0.00578. The van der Waals surface area contributed by atoms with E-state index < -0.39 is 8.24 Å². The molecule has 5 nitrogen and oxygen atoms in total. The highest BCUT2D eigenvalue weighted by Gasteiger charge is 2.46. The molecule has 1 heterocycles. The van der Waals surface area contributed by atoms with Crippen LogP contribution in [0.4, 0.5) is 0 Å². The largest absolute Gasteiger partial charge is 0.469 e. The number of methoxy groups -OCH3 is 2. The second-order valence-electron chi connectivity index (χ2n) is 7.56. The molecular weight excluding hydrogens is 296 g/mol. The first-order valence-electron chi connectivity index (χ1n) is 8.52. The zero-order valence-corrected chi connectivity index (χ0v) is 15.8. The van der Waals surface area contributed by atoms with E-state index in [2.05, 4.69) is 29.3 Å². The lowest BCUT2D eigenvalue weighted by atomic mass is 10.0. The molecule has 0 radical (unpaired) electrons. The predicted molar refractivity (Wildman–Crippen MR) is 89.9 cm³/mol. The van der Waals surface area contributed by atoms with Gasteiger partial charge in [-0.3, -0.25) is 9.47 Å². The average molecular weight is 329 g/mol. The topological polar surface area (TPSA) is 42.0 Å². The van der Waals surface area contributed by atoms with Gasteiger partial charge in [0.2, 0.25) is 0 Å². The Morgan fingerprint density at radius 1 is 1.18 bits per heavy atom. The SMILES string of the molecule is COC[C@@H]1CCCN1N([C@H]1CCC[C@@H]1C(=O)OC)[Si](C)(C)C. The number of nitrogens with zero attached hydrogens (tertiary/aromatic N) is 2. The van der Waals surface area contributed by atoms with Crippen molar-refractivity contribution < 1.29 is 14.3 Å². The number of rotatable bonds is 6. The Hall–Kier alpha value is -0.433. The van der Waals surface area contributed by atoms with Crippen LogP contribution in [0, 0.1) is 5.92 Å². The summed E-state index contributed by atoms with van der Waals surface area (Å²) in [5.41, 5.74) is 0. The standard InChI is InChI=1S/C16H32N2O3Si/c1-20-12-13-8-7-11-17(13)18(22(3,4)5)15-10-6-9-14(15)16(19)21-2/h13-15H,6-12H2,1-5H3/t13-,14-,15-/m0/s1. The summed E-state index contributed by atoms with van der Waals surface area (Å²) in [6, 6.07) is 0.757. The van der Waals surface area contributed by atoms with Crippen LogP contribution in [0.1, 0.15) is 32.1 Å². The molecule has 0 amide bonds. The van der Waals surface area contributed by atoms with Gasteiger partial charge in [0, 0.05) is 25.7 Å². The third-order valence-corrected chi connectivity index (χ3v) is 6.93. The minimum atomic E-state index is -1.59. The van der Waals surface area contributed by atoms with Crippen molar-refractivity contribution in [3.8, 4) is 0 Å². The molecule has 2 fully saturated rings. The van der Waals surface area contributed by atoms with Gasteiger partial charge >= 0.3 is 5.97 Å². The molecule has 1 aliphatic heterocycles. The molecule has 6 heteroatoms. The van der Waals surface area contributed by atoms with Crippen molar-refractivity contribution in [3.05, 3.63) is 0 Å². The van der Waals surface area contributed by atoms with Gasteiger partial charge in [0.25, 0.3) is 0 Å². The van der Waals surface area contributed by atoms with E-state index in [1.54, 1.807) is 7.11 Å². The Bertz CT molecular complexity index is 386. The molecule has 1 saturated carbocycles. The Labute approximate surface area is 136 Å². The number of hydrazine groups is 1. The minimum Gasteiger partial charge on any atom is -0.469 e. The lowest BCUT2D eigenvalue weighted by Crippen LogP contribution is -2.63. The fraction of sp³-hybridized carbons (Fsp3) is 0.938. The molecule has 2 rings (SSSR count). The molecule has 0 N–H and O–H groups in total. The number of ether oxygens (including phenoxy) is 2. The molecule has 2 aliphatic rings. The van der Waals surface area contributed by atoms with Gasteiger partial charge in [-0.2, -0.15) is 0 Å². The second kappa shape index (κ2) is 7.42. The predicted octanol–water partition coefficient (Wildman–Crippen LogP) is 2.49. The molecular formula is C16H32N2O3Si. The maximum absolute atomic E-state index is 12.2. The van der Waals surface area contributed by atoms with Crippen LogP contribution in [0.25, 0.3) is 0 Å². The summed E-state index contributed by atoms with van der Waals surface area (Å²) < 4.78 is 13.1. The van der Waals surface area contributed by atoms with Crippen LogP contribution in [-0.4, -0.2) is 63.3 Å². The molecule has 0 aromatic carbocycles. The van der Waals surface area contributed by atoms with Crippen molar-refractivity contribution in [3.63, 3.8) is 0 Å². The Kier molecular flexibility index (Phi) is 6.05. The smallest absolute Gasteiger partial charge is 0.310 e. The summed E-state index contributed by atoms with van der Waals surface area (Å²) in [7, 11) is 1.70. The van der Waals surface area contributed by atoms with Gasteiger partial charge in [-0.25, -0.2) is 5.01 Å². The second-order valence-corrected chi connectivity index (χ2v) is 12.4. The third-order valence-electron chi connectivity index (χ3n) is 4.97. The molecule has 0 unspecified atom stereocenters. The molecule has 0 bridgehead atoms. The minimum absolute atomic E-state index is 0.0283. The molecule has 3 atom stereocenters. The van der Waals surface area contributed by atoms with Crippen molar-refractivity contribution in [1.29, 1.82) is 0 Å². The van der Waals surface area contributed by atoms with E-state index in [4.69, 9.17) is 9.47 Å². The maximum atomic E-state index is 12.2. The first-order chi connectivity index (χ1) is 10.4. The fourth-order valence-electron chi connectivity index (χ4n) is 4.20. The van der Waals surface area contributed by atoms with Gasteiger partial charge in [0.05, 0.1) is 19.6 Å². The lowest BCUT2D eigenvalue weighted by Gasteiger charge is -2.48. The number of hydrogen-bond acceptors (Lipinski definition) is 5. The summed E-state index contributed by atoms with van der Waals surface area (Å²) in [6.45, 7) is 8.99. The first kappa shape index (κ1) is 17.9. The van der Waals surface area contributed by atoms with Gasteiger partial charge in [0.1, 0.15) is 8.24 Å². The van der Waals surface area contributed by atoms with Crippen molar-refractivity contribution in [1.82, 2.24) is 9.68 Å². The maximum Gasteiger partial charge on any atom is 0.310 e. The van der Waals surface area contributed by atoms with E-state index in [0.29, 0.717) is 12.1 Å². The van der Waals surface area contributed by atoms with Gasteiger partial charge in [-0.05, 0) is 25.7 Å². The number of esters is 1. The lowest BCUT2D eigenvalue weighted by molar-refractivity contribution is -0.149. The molecule has 128 valence electrons. The van der Waals surface area contributed by atoms with E-state index >= 15 is 0 Å². The Balaban J connectivity index is 2.24. The molecule has 1 saturated heterocycles.